The van der Waals surface area contributed by atoms with E-state index < -0.39 is 0 Å². The van der Waals surface area contributed by atoms with Crippen LogP contribution in [0.3, 0.4) is 0 Å². The Morgan fingerprint density at radius 2 is 2.33 bits per heavy atom. The van der Waals surface area contributed by atoms with E-state index in [-0.39, 0.29) is 0 Å². The first-order valence-corrected chi connectivity index (χ1v) is 6.44. The maximum Gasteiger partial charge on any atom is 0.0542 e. The monoisotopic (exact) mass is 335 g/mol. The Kier molecular flexibility index (Phi) is 5.64. The fourth-order valence-corrected chi connectivity index (χ4v) is 2.00. The van der Waals surface area contributed by atoms with E-state index in [1.807, 2.05) is 18.2 Å². The molecule has 1 aromatic rings. The Labute approximate surface area is 110 Å². The Morgan fingerprint density at radius 3 is 2.87 bits per heavy atom. The molecule has 0 aliphatic rings. The van der Waals surface area contributed by atoms with Crippen molar-refractivity contribution in [3.63, 3.8) is 0 Å². The topological polar surface area (TPSA) is 12.0 Å². The second-order valence-corrected chi connectivity index (χ2v) is 4.88. The molecule has 0 saturated carbocycles. The highest BCUT2D eigenvalue weighted by Gasteiger charge is 2.09. The van der Waals surface area contributed by atoms with Gasteiger partial charge in [-0.05, 0) is 53.3 Å². The lowest BCUT2D eigenvalue weighted by molar-refractivity contribution is 0.559. The molecule has 0 aromatic heterocycles. The number of hydrogen-bond donors (Lipinski definition) is 1. The molecule has 0 radical (unpaired) electrons. The molecule has 1 unspecified atom stereocenters. The van der Waals surface area contributed by atoms with Crippen molar-refractivity contribution in [1.82, 2.24) is 5.32 Å². The maximum atomic E-state index is 6.10. The molecule has 15 heavy (non-hydrogen) atoms. The van der Waals surface area contributed by atoms with E-state index in [4.69, 9.17) is 11.6 Å². The molecular formula is C12H15ClIN. The predicted octanol–water partition coefficient (Wildman–Crippen LogP) is 4.17. The second kappa shape index (κ2) is 6.51. The van der Waals surface area contributed by atoms with Crippen molar-refractivity contribution >= 4 is 34.2 Å². The Bertz CT molecular complexity index is 338. The highest BCUT2D eigenvalue weighted by atomic mass is 127. The molecule has 1 nitrogen and oxygen atoms in total. The highest BCUT2D eigenvalue weighted by molar-refractivity contribution is 14.1. The van der Waals surface area contributed by atoms with Gasteiger partial charge in [-0.3, -0.25) is 0 Å². The standard InChI is InChI=1S/C12H15ClIN/c1-3-5-12(15-4-2)9-6-7-11(14)10(13)8-9/h3,6-8,12,15H,1,4-5H2,2H3. The summed E-state index contributed by atoms with van der Waals surface area (Å²) in [4.78, 5) is 0. The molecular weight excluding hydrogens is 320 g/mol. The van der Waals surface area contributed by atoms with Gasteiger partial charge in [-0.25, -0.2) is 0 Å². The zero-order valence-electron chi connectivity index (χ0n) is 8.76. The number of benzene rings is 1. The number of nitrogens with one attached hydrogen (secondary N) is 1. The summed E-state index contributed by atoms with van der Waals surface area (Å²) in [5.74, 6) is 0. The lowest BCUT2D eigenvalue weighted by atomic mass is 10.0. The summed E-state index contributed by atoms with van der Waals surface area (Å²) in [7, 11) is 0. The van der Waals surface area contributed by atoms with Crippen molar-refractivity contribution in [2.75, 3.05) is 6.54 Å². The van der Waals surface area contributed by atoms with E-state index in [0.717, 1.165) is 21.6 Å². The summed E-state index contributed by atoms with van der Waals surface area (Å²) < 4.78 is 1.09. The van der Waals surface area contributed by atoms with E-state index in [9.17, 15) is 0 Å². The minimum Gasteiger partial charge on any atom is -0.310 e. The average molecular weight is 336 g/mol. The number of rotatable bonds is 5. The molecule has 1 atom stereocenters. The van der Waals surface area contributed by atoms with Crippen LogP contribution in [0.15, 0.2) is 30.9 Å². The molecule has 0 fully saturated rings. The fraction of sp³-hybridized carbons (Fsp3) is 0.333. The summed E-state index contributed by atoms with van der Waals surface area (Å²) in [6.07, 6.45) is 2.85. The zero-order chi connectivity index (χ0) is 11.3. The molecule has 1 N–H and O–H groups in total. The quantitative estimate of drug-likeness (QED) is 0.629. The van der Waals surface area contributed by atoms with Crippen molar-refractivity contribution in [1.29, 1.82) is 0 Å². The van der Waals surface area contributed by atoms with Gasteiger partial charge in [0.2, 0.25) is 0 Å². The molecule has 0 aliphatic heterocycles. The van der Waals surface area contributed by atoms with E-state index in [1.54, 1.807) is 0 Å². The highest BCUT2D eigenvalue weighted by Crippen LogP contribution is 2.24. The molecule has 0 amide bonds. The van der Waals surface area contributed by atoms with Crippen LogP contribution < -0.4 is 5.32 Å². The lowest BCUT2D eigenvalue weighted by Crippen LogP contribution is -2.20. The van der Waals surface area contributed by atoms with E-state index in [0.29, 0.717) is 6.04 Å². The zero-order valence-corrected chi connectivity index (χ0v) is 11.7. The summed E-state index contributed by atoms with van der Waals surface area (Å²) in [5.41, 5.74) is 1.22. The van der Waals surface area contributed by atoms with E-state index in [1.165, 1.54) is 5.56 Å². The molecule has 82 valence electrons. The Morgan fingerprint density at radius 1 is 1.60 bits per heavy atom. The van der Waals surface area contributed by atoms with Gasteiger partial charge in [-0.15, -0.1) is 6.58 Å². The first-order valence-electron chi connectivity index (χ1n) is 4.98. The van der Waals surface area contributed by atoms with Crippen LogP contribution in [0.4, 0.5) is 0 Å². The van der Waals surface area contributed by atoms with E-state index in [2.05, 4.69) is 47.5 Å². The first-order chi connectivity index (χ1) is 7.19. The van der Waals surface area contributed by atoms with Crippen LogP contribution in [-0.4, -0.2) is 6.54 Å². The van der Waals surface area contributed by atoms with Gasteiger partial charge < -0.3 is 5.32 Å². The van der Waals surface area contributed by atoms with Gasteiger partial charge in [0.05, 0.1) is 5.02 Å². The van der Waals surface area contributed by atoms with Gasteiger partial charge in [0.25, 0.3) is 0 Å². The summed E-state index contributed by atoms with van der Waals surface area (Å²) >= 11 is 8.33. The molecule has 1 rings (SSSR count). The van der Waals surface area contributed by atoms with Crippen LogP contribution in [0.2, 0.25) is 5.02 Å². The summed E-state index contributed by atoms with van der Waals surface area (Å²) in [5, 5.41) is 4.23. The van der Waals surface area contributed by atoms with E-state index >= 15 is 0 Å². The molecule has 0 aliphatic carbocycles. The molecule has 1 aromatic carbocycles. The van der Waals surface area contributed by atoms with Gasteiger partial charge in [-0.1, -0.05) is 30.7 Å². The second-order valence-electron chi connectivity index (χ2n) is 3.31. The molecule has 0 spiro atoms. The molecule has 3 heteroatoms. The van der Waals surface area contributed by atoms with Crippen molar-refractivity contribution in [2.45, 2.75) is 19.4 Å². The van der Waals surface area contributed by atoms with Gasteiger partial charge in [0.1, 0.15) is 0 Å². The van der Waals surface area contributed by atoms with Gasteiger partial charge >= 0.3 is 0 Å². The fourth-order valence-electron chi connectivity index (χ4n) is 1.48. The Hall–Kier alpha value is -0.0600. The van der Waals surface area contributed by atoms with Gasteiger partial charge in [0, 0.05) is 9.61 Å². The average Bonchev–Trinajstić information content (AvgIpc) is 2.22. The van der Waals surface area contributed by atoms with Crippen LogP contribution in [0.1, 0.15) is 24.9 Å². The van der Waals surface area contributed by atoms with Gasteiger partial charge in [-0.2, -0.15) is 0 Å². The predicted molar refractivity (Wildman–Crippen MR) is 75.4 cm³/mol. The third-order valence-corrected chi connectivity index (χ3v) is 3.77. The smallest absolute Gasteiger partial charge is 0.0542 e. The lowest BCUT2D eigenvalue weighted by Gasteiger charge is -2.17. The largest absolute Gasteiger partial charge is 0.310 e. The van der Waals surface area contributed by atoms with Crippen molar-refractivity contribution in [2.24, 2.45) is 0 Å². The summed E-state index contributed by atoms with van der Waals surface area (Å²) in [6.45, 7) is 6.82. The SMILES string of the molecule is C=CCC(NCC)c1ccc(I)c(Cl)c1. The third kappa shape index (κ3) is 3.78. The third-order valence-electron chi connectivity index (χ3n) is 2.20. The minimum absolute atomic E-state index is 0.321. The molecule has 0 bridgehead atoms. The first kappa shape index (κ1) is 13.0. The van der Waals surface area contributed by atoms with Crippen LogP contribution in [0.5, 0.6) is 0 Å². The Balaban J connectivity index is 2.89. The van der Waals surface area contributed by atoms with Crippen molar-refractivity contribution < 1.29 is 0 Å². The van der Waals surface area contributed by atoms with Crippen LogP contribution in [-0.2, 0) is 0 Å². The maximum absolute atomic E-state index is 6.10. The van der Waals surface area contributed by atoms with Crippen LogP contribution in [0, 0.1) is 3.57 Å². The molecule has 0 heterocycles. The minimum atomic E-state index is 0.321. The van der Waals surface area contributed by atoms with Gasteiger partial charge in [0.15, 0.2) is 0 Å². The number of halogens is 2. The van der Waals surface area contributed by atoms with Crippen LogP contribution in [0.25, 0.3) is 0 Å². The molecule has 0 saturated heterocycles. The van der Waals surface area contributed by atoms with Crippen molar-refractivity contribution in [3.8, 4) is 0 Å². The van der Waals surface area contributed by atoms with Crippen LogP contribution >= 0.6 is 34.2 Å². The number of hydrogen-bond acceptors (Lipinski definition) is 1. The normalized spacial score (nSPS) is 12.5. The van der Waals surface area contributed by atoms with Crippen molar-refractivity contribution in [3.05, 3.63) is 45.0 Å². The summed E-state index contributed by atoms with van der Waals surface area (Å²) in [6, 6.07) is 6.51.